The molecule has 0 aromatic rings. The van der Waals surface area contributed by atoms with Crippen LogP contribution >= 0.6 is 0 Å². The second-order valence-electron chi connectivity index (χ2n) is 5.89. The molecule has 0 saturated carbocycles. The minimum absolute atomic E-state index is 0.363. The van der Waals surface area contributed by atoms with Crippen molar-refractivity contribution in [1.82, 2.24) is 10.2 Å². The highest BCUT2D eigenvalue weighted by atomic mass is 16.5. The van der Waals surface area contributed by atoms with Crippen LogP contribution in [0.25, 0.3) is 0 Å². The van der Waals surface area contributed by atoms with Gasteiger partial charge in [-0.05, 0) is 38.9 Å². The van der Waals surface area contributed by atoms with E-state index in [0.29, 0.717) is 11.5 Å². The van der Waals surface area contributed by atoms with Gasteiger partial charge in [0.15, 0.2) is 0 Å². The number of nitrogens with zero attached hydrogens (tertiary/aromatic N) is 1. The number of nitrogens with one attached hydrogen (secondary N) is 1. The lowest BCUT2D eigenvalue weighted by Crippen LogP contribution is -2.65. The van der Waals surface area contributed by atoms with Gasteiger partial charge in [0.25, 0.3) is 0 Å². The molecule has 0 spiro atoms. The third-order valence-corrected chi connectivity index (χ3v) is 4.89. The van der Waals surface area contributed by atoms with Gasteiger partial charge in [0.2, 0.25) is 0 Å². The zero-order valence-electron chi connectivity index (χ0n) is 10.8. The molecule has 4 nitrogen and oxygen atoms in total. The maximum Gasteiger partial charge on any atom is 0.0627 e. The van der Waals surface area contributed by atoms with Crippen molar-refractivity contribution in [3.05, 3.63) is 0 Å². The molecular weight excluding hydrogens is 216 g/mol. The molecule has 0 bridgehead atoms. The van der Waals surface area contributed by atoms with Gasteiger partial charge in [0.05, 0.1) is 26.4 Å². The third kappa shape index (κ3) is 2.12. The number of hydrogen-bond acceptors (Lipinski definition) is 4. The normalized spacial score (nSPS) is 35.5. The molecule has 3 saturated heterocycles. The van der Waals surface area contributed by atoms with Gasteiger partial charge in [-0.1, -0.05) is 0 Å². The van der Waals surface area contributed by atoms with Crippen molar-refractivity contribution in [2.75, 3.05) is 53.1 Å². The summed E-state index contributed by atoms with van der Waals surface area (Å²) in [5, 5.41) is 3.65. The van der Waals surface area contributed by atoms with E-state index in [0.717, 1.165) is 38.9 Å². The van der Waals surface area contributed by atoms with Crippen LogP contribution in [0.1, 0.15) is 12.8 Å². The van der Waals surface area contributed by atoms with Crippen LogP contribution in [0.15, 0.2) is 0 Å². The lowest BCUT2D eigenvalue weighted by molar-refractivity contribution is -0.187. The molecule has 1 atom stereocenters. The number of piperidine rings is 1. The largest absolute Gasteiger partial charge is 0.380 e. The lowest BCUT2D eigenvalue weighted by Gasteiger charge is -2.54. The van der Waals surface area contributed by atoms with Gasteiger partial charge in [0, 0.05) is 18.0 Å². The van der Waals surface area contributed by atoms with Crippen LogP contribution in [0.3, 0.4) is 0 Å². The van der Waals surface area contributed by atoms with Gasteiger partial charge in [-0.25, -0.2) is 0 Å². The van der Waals surface area contributed by atoms with E-state index < -0.39 is 0 Å². The summed E-state index contributed by atoms with van der Waals surface area (Å²) in [6.45, 7) is 7.07. The van der Waals surface area contributed by atoms with Crippen LogP contribution in [-0.4, -0.2) is 64.1 Å². The molecule has 3 rings (SSSR count). The molecule has 0 aliphatic carbocycles. The van der Waals surface area contributed by atoms with Gasteiger partial charge in [0.1, 0.15) is 0 Å². The zero-order valence-corrected chi connectivity index (χ0v) is 10.8. The SMILES string of the molecule is CN1CCC(C2(C3COCCN3)COC2)CC1. The fraction of sp³-hybridized carbons (Fsp3) is 1.00. The van der Waals surface area contributed by atoms with Crippen molar-refractivity contribution in [3.63, 3.8) is 0 Å². The highest BCUT2D eigenvalue weighted by Crippen LogP contribution is 2.44. The third-order valence-electron chi connectivity index (χ3n) is 4.89. The molecule has 17 heavy (non-hydrogen) atoms. The average Bonchev–Trinajstić information content (AvgIpc) is 2.32. The standard InChI is InChI=1S/C13H24N2O2/c1-15-5-2-11(3-6-15)13(9-17-10-13)12-8-16-7-4-14-12/h11-12,14H,2-10H2,1H3. The molecule has 0 aromatic heterocycles. The van der Waals surface area contributed by atoms with Gasteiger partial charge < -0.3 is 19.7 Å². The first-order chi connectivity index (χ1) is 8.31. The van der Waals surface area contributed by atoms with Crippen molar-refractivity contribution >= 4 is 0 Å². The summed E-state index contributed by atoms with van der Waals surface area (Å²) in [6.07, 6.45) is 2.64. The summed E-state index contributed by atoms with van der Waals surface area (Å²) < 4.78 is 11.2. The van der Waals surface area contributed by atoms with Gasteiger partial charge in [-0.2, -0.15) is 0 Å². The first kappa shape index (κ1) is 11.9. The van der Waals surface area contributed by atoms with E-state index in [9.17, 15) is 0 Å². The fourth-order valence-corrected chi connectivity index (χ4v) is 3.58. The van der Waals surface area contributed by atoms with Gasteiger partial charge in [-0.3, -0.25) is 0 Å². The second-order valence-corrected chi connectivity index (χ2v) is 5.89. The Balaban J connectivity index is 1.68. The Kier molecular flexibility index (Phi) is 3.39. The van der Waals surface area contributed by atoms with Crippen LogP contribution in [0.5, 0.6) is 0 Å². The number of rotatable bonds is 2. The van der Waals surface area contributed by atoms with Crippen LogP contribution in [0, 0.1) is 11.3 Å². The quantitative estimate of drug-likeness (QED) is 0.754. The number of likely N-dealkylation sites (tertiary alicyclic amines) is 1. The Morgan fingerprint density at radius 2 is 1.94 bits per heavy atom. The van der Waals surface area contributed by atoms with E-state index in [1.165, 1.54) is 25.9 Å². The van der Waals surface area contributed by atoms with Crippen molar-refractivity contribution in [2.45, 2.75) is 18.9 Å². The van der Waals surface area contributed by atoms with Crippen LogP contribution in [0.2, 0.25) is 0 Å². The van der Waals surface area contributed by atoms with Crippen LogP contribution in [-0.2, 0) is 9.47 Å². The predicted molar refractivity (Wildman–Crippen MR) is 66.1 cm³/mol. The summed E-state index contributed by atoms with van der Waals surface area (Å²) in [6, 6.07) is 0.512. The predicted octanol–water partition coefficient (Wildman–Crippen LogP) is 0.333. The summed E-state index contributed by atoms with van der Waals surface area (Å²) in [7, 11) is 2.22. The first-order valence-electron chi connectivity index (χ1n) is 6.89. The van der Waals surface area contributed by atoms with Gasteiger partial charge in [-0.15, -0.1) is 0 Å². The molecule has 4 heteroatoms. The molecule has 0 aromatic carbocycles. The van der Waals surface area contributed by atoms with E-state index in [2.05, 4.69) is 17.3 Å². The molecule has 3 heterocycles. The molecule has 1 unspecified atom stereocenters. The minimum atomic E-state index is 0.363. The second kappa shape index (κ2) is 4.84. The fourth-order valence-electron chi connectivity index (χ4n) is 3.58. The van der Waals surface area contributed by atoms with E-state index in [4.69, 9.17) is 9.47 Å². The molecule has 3 fully saturated rings. The molecule has 98 valence electrons. The van der Waals surface area contributed by atoms with Crippen molar-refractivity contribution in [1.29, 1.82) is 0 Å². The summed E-state index contributed by atoms with van der Waals surface area (Å²) in [4.78, 5) is 2.44. The highest BCUT2D eigenvalue weighted by molar-refractivity contribution is 5.02. The monoisotopic (exact) mass is 240 g/mol. The summed E-state index contributed by atoms with van der Waals surface area (Å²) in [5.74, 6) is 0.812. The molecule has 1 N–H and O–H groups in total. The number of ether oxygens (including phenoxy) is 2. The van der Waals surface area contributed by atoms with E-state index in [1.54, 1.807) is 0 Å². The van der Waals surface area contributed by atoms with Crippen molar-refractivity contribution in [2.24, 2.45) is 11.3 Å². The molecule has 3 aliphatic rings. The van der Waals surface area contributed by atoms with Crippen LogP contribution < -0.4 is 5.32 Å². The highest BCUT2D eigenvalue weighted by Gasteiger charge is 2.51. The average molecular weight is 240 g/mol. The minimum Gasteiger partial charge on any atom is -0.380 e. The summed E-state index contributed by atoms with van der Waals surface area (Å²) >= 11 is 0. The topological polar surface area (TPSA) is 33.7 Å². The maximum absolute atomic E-state index is 5.65. The summed E-state index contributed by atoms with van der Waals surface area (Å²) in [5.41, 5.74) is 0.363. The van der Waals surface area contributed by atoms with Crippen molar-refractivity contribution < 1.29 is 9.47 Å². The van der Waals surface area contributed by atoms with E-state index >= 15 is 0 Å². The maximum atomic E-state index is 5.65. The Bertz CT molecular complexity index is 254. The molecule has 0 radical (unpaired) electrons. The molecular formula is C13H24N2O2. The van der Waals surface area contributed by atoms with E-state index in [-0.39, 0.29) is 0 Å². The Morgan fingerprint density at radius 1 is 1.18 bits per heavy atom. The Hall–Kier alpha value is -0.160. The molecule has 3 aliphatic heterocycles. The first-order valence-corrected chi connectivity index (χ1v) is 6.89. The Labute approximate surface area is 104 Å². The molecule has 0 amide bonds. The van der Waals surface area contributed by atoms with Crippen molar-refractivity contribution in [3.8, 4) is 0 Å². The number of hydrogen-bond donors (Lipinski definition) is 1. The Morgan fingerprint density at radius 3 is 2.47 bits per heavy atom. The smallest absolute Gasteiger partial charge is 0.0627 e. The van der Waals surface area contributed by atoms with Crippen LogP contribution in [0.4, 0.5) is 0 Å². The zero-order chi connectivity index (χ0) is 11.7. The van der Waals surface area contributed by atoms with E-state index in [1.807, 2.05) is 0 Å². The lowest BCUT2D eigenvalue weighted by atomic mass is 9.64. The number of morpholine rings is 1. The van der Waals surface area contributed by atoms with Gasteiger partial charge >= 0.3 is 0 Å².